The van der Waals surface area contributed by atoms with Crippen molar-refractivity contribution in [2.24, 2.45) is 0 Å². The molecule has 2 rings (SSSR count). The van der Waals surface area contributed by atoms with Crippen LogP contribution in [-0.2, 0) is 21.4 Å². The lowest BCUT2D eigenvalue weighted by atomic mass is 10.1. The van der Waals surface area contributed by atoms with Crippen LogP contribution in [0.25, 0.3) is 0 Å². The maximum atomic E-state index is 12.6. The maximum absolute atomic E-state index is 12.6. The summed E-state index contributed by atoms with van der Waals surface area (Å²) in [6.07, 6.45) is 1.20. The Morgan fingerprint density at radius 2 is 1.69 bits per heavy atom. The van der Waals surface area contributed by atoms with E-state index in [0.29, 0.717) is 0 Å². The molecule has 7 nitrogen and oxygen atoms in total. The topological polar surface area (TPSA) is 79.7 Å². The van der Waals surface area contributed by atoms with Crippen LogP contribution in [0.4, 0.5) is 0 Å². The third-order valence-corrected chi connectivity index (χ3v) is 6.10. The zero-order chi connectivity index (χ0) is 19.5. The van der Waals surface area contributed by atoms with Crippen LogP contribution < -0.4 is 5.56 Å². The monoisotopic (exact) mass is 377 g/mol. The lowest BCUT2D eigenvalue weighted by Crippen LogP contribution is -2.35. The van der Waals surface area contributed by atoms with E-state index in [4.69, 9.17) is 0 Å². The van der Waals surface area contributed by atoms with E-state index in [9.17, 15) is 18.0 Å². The van der Waals surface area contributed by atoms with Crippen molar-refractivity contribution in [1.82, 2.24) is 13.8 Å². The average Bonchev–Trinajstić information content (AvgIpc) is 2.62. The highest BCUT2D eigenvalue weighted by Gasteiger charge is 2.21. The van der Waals surface area contributed by atoms with Gasteiger partial charge in [-0.1, -0.05) is 30.3 Å². The van der Waals surface area contributed by atoms with Crippen LogP contribution in [0.3, 0.4) is 0 Å². The van der Waals surface area contributed by atoms with E-state index in [1.165, 1.54) is 31.3 Å². The number of rotatable bonds is 6. The van der Waals surface area contributed by atoms with Crippen LogP contribution >= 0.6 is 0 Å². The summed E-state index contributed by atoms with van der Waals surface area (Å²) >= 11 is 0. The van der Waals surface area contributed by atoms with Crippen molar-refractivity contribution < 1.29 is 13.2 Å². The Labute approximate surface area is 153 Å². The molecule has 0 aliphatic carbocycles. The highest BCUT2D eigenvalue weighted by atomic mass is 32.2. The van der Waals surface area contributed by atoms with Gasteiger partial charge in [-0.2, -0.15) is 0 Å². The first-order valence-electron chi connectivity index (χ1n) is 8.08. The maximum Gasteiger partial charge on any atom is 0.251 e. The highest BCUT2D eigenvalue weighted by Crippen LogP contribution is 2.18. The Hall–Kier alpha value is -2.45. The largest absolute Gasteiger partial charge is 0.337 e. The molecule has 1 amide bonds. The van der Waals surface area contributed by atoms with E-state index < -0.39 is 15.6 Å². The second-order valence-corrected chi connectivity index (χ2v) is 8.36. The summed E-state index contributed by atoms with van der Waals surface area (Å²) < 4.78 is 26.6. The van der Waals surface area contributed by atoms with Gasteiger partial charge >= 0.3 is 0 Å². The molecule has 1 heterocycles. The molecule has 0 radical (unpaired) electrons. The summed E-state index contributed by atoms with van der Waals surface area (Å²) in [6.45, 7) is 1.66. The molecule has 0 unspecified atom stereocenters. The molecule has 26 heavy (non-hydrogen) atoms. The normalized spacial score (nSPS) is 12.8. The minimum atomic E-state index is -3.68. The van der Waals surface area contributed by atoms with E-state index in [1.54, 1.807) is 7.05 Å². The van der Waals surface area contributed by atoms with Gasteiger partial charge in [0, 0.05) is 33.4 Å². The third kappa shape index (κ3) is 4.20. The standard InChI is InChI=1S/C18H23N3O4S/c1-14(15-8-6-5-7-9-15)20(4)18(23)13-21-12-16(10-11-17(21)22)26(24,25)19(2)3/h5-12,14H,13H2,1-4H3/t14-/m0/s1. The van der Waals surface area contributed by atoms with Crippen molar-refractivity contribution in [3.8, 4) is 0 Å². The summed E-state index contributed by atoms with van der Waals surface area (Å²) in [5, 5.41) is 0. The Kier molecular flexibility index (Phi) is 5.99. The van der Waals surface area contributed by atoms with Gasteiger partial charge in [0.1, 0.15) is 6.54 Å². The number of benzene rings is 1. The fourth-order valence-corrected chi connectivity index (χ4v) is 3.35. The van der Waals surface area contributed by atoms with Crippen LogP contribution in [0.15, 0.2) is 58.4 Å². The average molecular weight is 377 g/mol. The fraction of sp³-hybridized carbons (Fsp3) is 0.333. The predicted octanol–water partition coefficient (Wildman–Crippen LogP) is 1.32. The minimum Gasteiger partial charge on any atom is -0.337 e. The minimum absolute atomic E-state index is 0.0336. The first-order chi connectivity index (χ1) is 12.1. The first kappa shape index (κ1) is 19.9. The number of carbonyl (C=O) groups is 1. The van der Waals surface area contributed by atoms with Gasteiger partial charge in [-0.05, 0) is 18.6 Å². The Morgan fingerprint density at radius 1 is 1.08 bits per heavy atom. The van der Waals surface area contributed by atoms with Gasteiger partial charge in [-0.3, -0.25) is 9.59 Å². The molecule has 2 aromatic rings. The Bertz CT molecular complexity index is 936. The molecule has 0 N–H and O–H groups in total. The summed E-state index contributed by atoms with van der Waals surface area (Å²) in [4.78, 5) is 26.1. The number of pyridine rings is 1. The third-order valence-electron chi connectivity index (χ3n) is 4.30. The predicted molar refractivity (Wildman–Crippen MR) is 99.2 cm³/mol. The van der Waals surface area contributed by atoms with E-state index in [2.05, 4.69) is 0 Å². The molecule has 8 heteroatoms. The number of nitrogens with zero attached hydrogens (tertiary/aromatic N) is 3. The van der Waals surface area contributed by atoms with E-state index in [1.807, 2.05) is 37.3 Å². The lowest BCUT2D eigenvalue weighted by molar-refractivity contribution is -0.132. The fourth-order valence-electron chi connectivity index (χ4n) is 2.42. The number of likely N-dealkylation sites (N-methyl/N-ethyl adjacent to an activating group) is 1. The zero-order valence-corrected chi connectivity index (χ0v) is 16.1. The molecule has 1 aromatic carbocycles. The molecule has 0 aliphatic heterocycles. The Balaban J connectivity index is 2.25. The zero-order valence-electron chi connectivity index (χ0n) is 15.3. The van der Waals surface area contributed by atoms with Crippen LogP contribution in [0, 0.1) is 0 Å². The molecule has 1 aromatic heterocycles. The molecule has 0 bridgehead atoms. The summed E-state index contributed by atoms with van der Waals surface area (Å²) in [5.74, 6) is -0.289. The molecule has 140 valence electrons. The smallest absolute Gasteiger partial charge is 0.251 e. The number of aromatic nitrogens is 1. The van der Waals surface area contributed by atoms with Gasteiger partial charge in [0.25, 0.3) is 5.56 Å². The SMILES string of the molecule is C[C@@H](c1ccccc1)N(C)C(=O)Cn1cc(S(=O)(=O)N(C)C)ccc1=O. The van der Waals surface area contributed by atoms with E-state index in [-0.39, 0.29) is 23.4 Å². The van der Waals surface area contributed by atoms with Crippen molar-refractivity contribution in [2.75, 3.05) is 21.1 Å². The second kappa shape index (κ2) is 7.84. The summed E-state index contributed by atoms with van der Waals surface area (Å²) in [5.41, 5.74) is 0.538. The van der Waals surface area contributed by atoms with Crippen LogP contribution in [-0.4, -0.2) is 49.2 Å². The molecular formula is C18H23N3O4S. The molecule has 0 fully saturated rings. The van der Waals surface area contributed by atoms with E-state index in [0.717, 1.165) is 20.5 Å². The van der Waals surface area contributed by atoms with Gasteiger partial charge in [0.15, 0.2) is 0 Å². The van der Waals surface area contributed by atoms with Crippen molar-refractivity contribution in [3.63, 3.8) is 0 Å². The highest BCUT2D eigenvalue weighted by molar-refractivity contribution is 7.89. The molecule has 0 aliphatic rings. The molecule has 0 saturated heterocycles. The quantitative estimate of drug-likeness (QED) is 0.760. The van der Waals surface area contributed by atoms with Crippen molar-refractivity contribution >= 4 is 15.9 Å². The molecular weight excluding hydrogens is 354 g/mol. The Morgan fingerprint density at radius 3 is 2.27 bits per heavy atom. The van der Waals surface area contributed by atoms with Gasteiger partial charge in [0.2, 0.25) is 15.9 Å². The molecule has 1 atom stereocenters. The number of sulfonamides is 1. The number of hydrogen-bond acceptors (Lipinski definition) is 4. The lowest BCUT2D eigenvalue weighted by Gasteiger charge is -2.25. The van der Waals surface area contributed by atoms with Crippen molar-refractivity contribution in [3.05, 3.63) is 64.6 Å². The summed E-state index contributed by atoms with van der Waals surface area (Å²) in [6, 6.07) is 11.8. The van der Waals surface area contributed by atoms with Gasteiger partial charge < -0.3 is 9.47 Å². The van der Waals surface area contributed by atoms with E-state index >= 15 is 0 Å². The van der Waals surface area contributed by atoms with Crippen molar-refractivity contribution in [2.45, 2.75) is 24.4 Å². The van der Waals surface area contributed by atoms with Crippen molar-refractivity contribution in [1.29, 1.82) is 0 Å². The summed E-state index contributed by atoms with van der Waals surface area (Å²) in [7, 11) is 0.791. The molecule has 0 spiro atoms. The second-order valence-electron chi connectivity index (χ2n) is 6.21. The first-order valence-corrected chi connectivity index (χ1v) is 9.52. The van der Waals surface area contributed by atoms with Gasteiger partial charge in [-0.25, -0.2) is 12.7 Å². The number of amides is 1. The number of hydrogen-bond donors (Lipinski definition) is 0. The van der Waals surface area contributed by atoms with Gasteiger partial charge in [0.05, 0.1) is 10.9 Å². The van der Waals surface area contributed by atoms with Crippen LogP contribution in [0.2, 0.25) is 0 Å². The number of carbonyl (C=O) groups excluding carboxylic acids is 1. The van der Waals surface area contributed by atoms with Crippen LogP contribution in [0.5, 0.6) is 0 Å². The van der Waals surface area contributed by atoms with Gasteiger partial charge in [-0.15, -0.1) is 0 Å². The van der Waals surface area contributed by atoms with Crippen LogP contribution in [0.1, 0.15) is 18.5 Å². The molecule has 0 saturated carbocycles.